The fourth-order valence-corrected chi connectivity index (χ4v) is 2.30. The SMILES string of the molecule is CCCNC(CCOCC)c1cccc(CCC)c1. The normalized spacial score (nSPS) is 12.6. The standard InChI is InChI=1S/C17H29NO/c1-4-8-15-9-7-10-16(14-15)17(18-12-5-2)11-13-19-6-3/h7,9-10,14,17-18H,4-6,8,11-13H2,1-3H3. The van der Waals surface area contributed by atoms with Gasteiger partial charge in [-0.3, -0.25) is 0 Å². The summed E-state index contributed by atoms with van der Waals surface area (Å²) in [5, 5.41) is 3.63. The van der Waals surface area contributed by atoms with Gasteiger partial charge in [-0.15, -0.1) is 0 Å². The van der Waals surface area contributed by atoms with Crippen molar-refractivity contribution in [3.8, 4) is 0 Å². The minimum Gasteiger partial charge on any atom is -0.382 e. The zero-order valence-electron chi connectivity index (χ0n) is 12.7. The lowest BCUT2D eigenvalue weighted by molar-refractivity contribution is 0.136. The Balaban J connectivity index is 2.68. The minimum absolute atomic E-state index is 0.420. The van der Waals surface area contributed by atoms with E-state index in [1.807, 2.05) is 0 Å². The third-order valence-corrected chi connectivity index (χ3v) is 3.29. The van der Waals surface area contributed by atoms with Gasteiger partial charge in [0.2, 0.25) is 0 Å². The van der Waals surface area contributed by atoms with E-state index in [4.69, 9.17) is 4.74 Å². The first-order valence-corrected chi connectivity index (χ1v) is 7.71. The highest BCUT2D eigenvalue weighted by Gasteiger charge is 2.10. The number of aryl methyl sites for hydroxylation is 1. The molecule has 1 rings (SSSR count). The summed E-state index contributed by atoms with van der Waals surface area (Å²) < 4.78 is 5.50. The van der Waals surface area contributed by atoms with Crippen molar-refractivity contribution >= 4 is 0 Å². The largest absolute Gasteiger partial charge is 0.382 e. The van der Waals surface area contributed by atoms with Crippen LogP contribution < -0.4 is 5.32 Å². The molecular formula is C17H29NO. The summed E-state index contributed by atoms with van der Waals surface area (Å²) in [6.45, 7) is 9.19. The molecule has 0 spiro atoms. The van der Waals surface area contributed by atoms with Gasteiger partial charge in [-0.2, -0.15) is 0 Å². The summed E-state index contributed by atoms with van der Waals surface area (Å²) >= 11 is 0. The number of benzene rings is 1. The quantitative estimate of drug-likeness (QED) is 0.642. The molecule has 2 heteroatoms. The summed E-state index contributed by atoms with van der Waals surface area (Å²) in [5.74, 6) is 0. The van der Waals surface area contributed by atoms with Gasteiger partial charge >= 0.3 is 0 Å². The molecule has 0 bridgehead atoms. The molecule has 108 valence electrons. The fraction of sp³-hybridized carbons (Fsp3) is 0.647. The van der Waals surface area contributed by atoms with Crippen molar-refractivity contribution in [2.75, 3.05) is 19.8 Å². The molecule has 0 heterocycles. The molecule has 19 heavy (non-hydrogen) atoms. The minimum atomic E-state index is 0.420. The Morgan fingerprint density at radius 3 is 2.68 bits per heavy atom. The lowest BCUT2D eigenvalue weighted by atomic mass is 9.99. The Kier molecular flexibility index (Phi) is 8.52. The molecule has 0 saturated carbocycles. The second kappa shape index (κ2) is 9.99. The molecule has 0 radical (unpaired) electrons. The van der Waals surface area contributed by atoms with Crippen molar-refractivity contribution in [2.45, 2.75) is 52.5 Å². The highest BCUT2D eigenvalue weighted by molar-refractivity contribution is 5.26. The van der Waals surface area contributed by atoms with Crippen molar-refractivity contribution in [2.24, 2.45) is 0 Å². The van der Waals surface area contributed by atoms with E-state index in [-0.39, 0.29) is 0 Å². The third-order valence-electron chi connectivity index (χ3n) is 3.29. The van der Waals surface area contributed by atoms with Gasteiger partial charge in [0.1, 0.15) is 0 Å². The van der Waals surface area contributed by atoms with Crippen LogP contribution in [0.15, 0.2) is 24.3 Å². The van der Waals surface area contributed by atoms with Crippen molar-refractivity contribution in [3.63, 3.8) is 0 Å². The molecule has 0 amide bonds. The lowest BCUT2D eigenvalue weighted by Crippen LogP contribution is -2.23. The molecule has 0 aliphatic carbocycles. The van der Waals surface area contributed by atoms with Crippen LogP contribution in [0.3, 0.4) is 0 Å². The summed E-state index contributed by atoms with van der Waals surface area (Å²) in [7, 11) is 0. The van der Waals surface area contributed by atoms with Gasteiger partial charge in [-0.1, -0.05) is 44.5 Å². The third kappa shape index (κ3) is 6.22. The zero-order valence-corrected chi connectivity index (χ0v) is 12.7. The van der Waals surface area contributed by atoms with Crippen LogP contribution in [-0.2, 0) is 11.2 Å². The molecule has 0 fully saturated rings. The highest BCUT2D eigenvalue weighted by atomic mass is 16.5. The average Bonchev–Trinajstić information content (AvgIpc) is 2.43. The van der Waals surface area contributed by atoms with Gasteiger partial charge in [0.05, 0.1) is 0 Å². The highest BCUT2D eigenvalue weighted by Crippen LogP contribution is 2.19. The average molecular weight is 263 g/mol. The lowest BCUT2D eigenvalue weighted by Gasteiger charge is -2.19. The van der Waals surface area contributed by atoms with Crippen LogP contribution in [0.2, 0.25) is 0 Å². The number of hydrogen-bond donors (Lipinski definition) is 1. The molecule has 0 saturated heterocycles. The van der Waals surface area contributed by atoms with Gasteiger partial charge in [0, 0.05) is 19.3 Å². The monoisotopic (exact) mass is 263 g/mol. The molecule has 1 aromatic rings. The molecule has 1 unspecified atom stereocenters. The van der Waals surface area contributed by atoms with E-state index in [0.717, 1.165) is 26.2 Å². The summed E-state index contributed by atoms with van der Waals surface area (Å²) in [5.41, 5.74) is 2.85. The van der Waals surface area contributed by atoms with Crippen LogP contribution in [0.4, 0.5) is 0 Å². The van der Waals surface area contributed by atoms with E-state index in [0.29, 0.717) is 6.04 Å². The molecule has 0 aliphatic rings. The van der Waals surface area contributed by atoms with Crippen molar-refractivity contribution < 1.29 is 4.74 Å². The Morgan fingerprint density at radius 1 is 1.16 bits per heavy atom. The van der Waals surface area contributed by atoms with Crippen LogP contribution in [0.1, 0.15) is 57.2 Å². The smallest absolute Gasteiger partial charge is 0.0484 e. The topological polar surface area (TPSA) is 21.3 Å². The maximum atomic E-state index is 5.50. The first-order valence-electron chi connectivity index (χ1n) is 7.71. The molecule has 1 N–H and O–H groups in total. The van der Waals surface area contributed by atoms with Crippen molar-refractivity contribution in [1.82, 2.24) is 5.32 Å². The van der Waals surface area contributed by atoms with Crippen LogP contribution in [0.25, 0.3) is 0 Å². The van der Waals surface area contributed by atoms with E-state index in [9.17, 15) is 0 Å². The maximum absolute atomic E-state index is 5.50. The van der Waals surface area contributed by atoms with Crippen LogP contribution in [0.5, 0.6) is 0 Å². The first-order chi connectivity index (χ1) is 9.31. The number of hydrogen-bond acceptors (Lipinski definition) is 2. The van der Waals surface area contributed by atoms with Gasteiger partial charge in [-0.25, -0.2) is 0 Å². The molecule has 2 nitrogen and oxygen atoms in total. The zero-order chi connectivity index (χ0) is 13.9. The predicted octanol–water partition coefficient (Wildman–Crippen LogP) is 4.11. The Labute approximate surface area is 118 Å². The maximum Gasteiger partial charge on any atom is 0.0484 e. The molecule has 1 atom stereocenters. The van der Waals surface area contributed by atoms with E-state index < -0.39 is 0 Å². The second-order valence-electron chi connectivity index (χ2n) is 4.99. The Hall–Kier alpha value is -0.860. The van der Waals surface area contributed by atoms with E-state index in [2.05, 4.69) is 50.4 Å². The molecule has 0 aromatic heterocycles. The summed E-state index contributed by atoms with van der Waals surface area (Å²) in [4.78, 5) is 0. The first kappa shape index (κ1) is 16.2. The fourth-order valence-electron chi connectivity index (χ4n) is 2.30. The molecule has 1 aromatic carbocycles. The number of ether oxygens (including phenoxy) is 1. The van der Waals surface area contributed by atoms with Crippen molar-refractivity contribution in [3.05, 3.63) is 35.4 Å². The number of rotatable bonds is 10. The Bertz CT molecular complexity index is 338. The van der Waals surface area contributed by atoms with Gasteiger partial charge in [0.25, 0.3) is 0 Å². The Morgan fingerprint density at radius 2 is 2.00 bits per heavy atom. The van der Waals surface area contributed by atoms with Gasteiger partial charge < -0.3 is 10.1 Å². The van der Waals surface area contributed by atoms with Crippen LogP contribution in [0, 0.1) is 0 Å². The van der Waals surface area contributed by atoms with Crippen LogP contribution in [-0.4, -0.2) is 19.8 Å². The van der Waals surface area contributed by atoms with Crippen molar-refractivity contribution in [1.29, 1.82) is 0 Å². The molecule has 0 aliphatic heterocycles. The summed E-state index contributed by atoms with van der Waals surface area (Å²) in [6, 6.07) is 9.42. The van der Waals surface area contributed by atoms with E-state index in [1.54, 1.807) is 0 Å². The predicted molar refractivity (Wildman–Crippen MR) is 82.6 cm³/mol. The van der Waals surface area contributed by atoms with E-state index in [1.165, 1.54) is 30.4 Å². The van der Waals surface area contributed by atoms with Gasteiger partial charge in [0.15, 0.2) is 0 Å². The summed E-state index contributed by atoms with van der Waals surface area (Å²) in [6.07, 6.45) is 4.58. The van der Waals surface area contributed by atoms with Gasteiger partial charge in [-0.05, 0) is 43.9 Å². The molecular weight excluding hydrogens is 234 g/mol. The second-order valence-corrected chi connectivity index (χ2v) is 4.99. The van der Waals surface area contributed by atoms with Crippen LogP contribution >= 0.6 is 0 Å². The van der Waals surface area contributed by atoms with E-state index >= 15 is 0 Å². The number of nitrogens with one attached hydrogen (secondary N) is 1.